The highest BCUT2D eigenvalue weighted by atomic mass is 15.3. The van der Waals surface area contributed by atoms with Crippen LogP contribution in [0.1, 0.15) is 19.0 Å². The van der Waals surface area contributed by atoms with Gasteiger partial charge in [0.15, 0.2) is 5.82 Å². The van der Waals surface area contributed by atoms with Crippen LogP contribution in [0.4, 0.5) is 5.82 Å². The Hall–Kier alpha value is -1.68. The molecule has 0 saturated carbocycles. The number of nitrogens with zero attached hydrogens (tertiary/aromatic N) is 3. The third-order valence-corrected chi connectivity index (χ3v) is 4.25. The molecule has 1 aliphatic rings. The van der Waals surface area contributed by atoms with Crippen molar-refractivity contribution in [1.29, 1.82) is 0 Å². The predicted octanol–water partition coefficient (Wildman–Crippen LogP) is 2.11. The molecule has 1 aromatic carbocycles. The molecule has 0 spiro atoms. The Morgan fingerprint density at radius 2 is 2.00 bits per heavy atom. The zero-order valence-corrected chi connectivity index (χ0v) is 11.5. The fourth-order valence-electron chi connectivity index (χ4n) is 3.07. The fourth-order valence-corrected chi connectivity index (χ4v) is 3.07. The van der Waals surface area contributed by atoms with Gasteiger partial charge in [-0.3, -0.25) is 0 Å². The highest BCUT2D eigenvalue weighted by molar-refractivity contribution is 5.93. The molecule has 1 saturated heterocycles. The standard InChI is InChI=1S/C15H20N4/c1-10-7-8-19(14(10)9-16)15-13-6-4-3-5-12(13)11(2)17-18-15/h3-6,10,14H,7-9,16H2,1-2H3. The molecule has 0 amide bonds. The van der Waals surface area contributed by atoms with Crippen LogP contribution in [-0.2, 0) is 0 Å². The molecule has 100 valence electrons. The van der Waals surface area contributed by atoms with E-state index in [0.717, 1.165) is 18.1 Å². The van der Waals surface area contributed by atoms with Crippen LogP contribution < -0.4 is 10.6 Å². The average molecular weight is 256 g/mol. The van der Waals surface area contributed by atoms with Gasteiger partial charge in [-0.1, -0.05) is 31.2 Å². The van der Waals surface area contributed by atoms with Crippen LogP contribution in [0, 0.1) is 12.8 Å². The minimum absolute atomic E-state index is 0.375. The molecule has 4 nitrogen and oxygen atoms in total. The van der Waals surface area contributed by atoms with E-state index in [1.807, 2.05) is 13.0 Å². The van der Waals surface area contributed by atoms with Crippen molar-refractivity contribution in [3.05, 3.63) is 30.0 Å². The molecule has 2 atom stereocenters. The Morgan fingerprint density at radius 1 is 1.26 bits per heavy atom. The molecular weight excluding hydrogens is 236 g/mol. The van der Waals surface area contributed by atoms with Crippen molar-refractivity contribution >= 4 is 16.6 Å². The Bertz CT molecular complexity index is 596. The number of hydrogen-bond acceptors (Lipinski definition) is 4. The van der Waals surface area contributed by atoms with E-state index in [2.05, 4.69) is 40.2 Å². The van der Waals surface area contributed by atoms with E-state index in [1.54, 1.807) is 0 Å². The van der Waals surface area contributed by atoms with Crippen LogP contribution in [0.5, 0.6) is 0 Å². The Kier molecular flexibility index (Phi) is 3.11. The van der Waals surface area contributed by atoms with E-state index < -0.39 is 0 Å². The minimum Gasteiger partial charge on any atom is -0.350 e. The predicted molar refractivity (Wildman–Crippen MR) is 78.2 cm³/mol. The number of nitrogens with two attached hydrogens (primary N) is 1. The van der Waals surface area contributed by atoms with Crippen LogP contribution in [0.15, 0.2) is 24.3 Å². The van der Waals surface area contributed by atoms with Gasteiger partial charge in [-0.25, -0.2) is 0 Å². The second kappa shape index (κ2) is 4.78. The molecule has 1 aromatic heterocycles. The summed E-state index contributed by atoms with van der Waals surface area (Å²) in [5.41, 5.74) is 6.92. The maximum atomic E-state index is 5.94. The molecule has 0 bridgehead atoms. The average Bonchev–Trinajstić information content (AvgIpc) is 2.80. The number of aryl methyl sites for hydroxylation is 1. The van der Waals surface area contributed by atoms with Gasteiger partial charge in [0.2, 0.25) is 0 Å². The summed E-state index contributed by atoms with van der Waals surface area (Å²) in [5, 5.41) is 11.1. The van der Waals surface area contributed by atoms with Gasteiger partial charge < -0.3 is 10.6 Å². The SMILES string of the molecule is Cc1nnc(N2CCC(C)C2CN)c2ccccc12. The van der Waals surface area contributed by atoms with Crippen LogP contribution in [0.3, 0.4) is 0 Å². The van der Waals surface area contributed by atoms with Crippen molar-refractivity contribution in [3.8, 4) is 0 Å². The Morgan fingerprint density at radius 3 is 2.74 bits per heavy atom. The number of fused-ring (bicyclic) bond motifs is 1. The molecule has 0 radical (unpaired) electrons. The molecule has 0 aliphatic carbocycles. The minimum atomic E-state index is 0.375. The van der Waals surface area contributed by atoms with E-state index >= 15 is 0 Å². The molecule has 1 fully saturated rings. The van der Waals surface area contributed by atoms with Gasteiger partial charge in [0.25, 0.3) is 0 Å². The first-order valence-electron chi connectivity index (χ1n) is 6.91. The number of aromatic nitrogens is 2. The largest absolute Gasteiger partial charge is 0.350 e. The first kappa shape index (κ1) is 12.4. The summed E-state index contributed by atoms with van der Waals surface area (Å²) in [5.74, 6) is 1.60. The second-order valence-electron chi connectivity index (χ2n) is 5.42. The van der Waals surface area contributed by atoms with Crippen molar-refractivity contribution in [2.45, 2.75) is 26.3 Å². The molecule has 2 aromatic rings. The van der Waals surface area contributed by atoms with Crippen molar-refractivity contribution in [1.82, 2.24) is 10.2 Å². The Balaban J connectivity index is 2.13. The summed E-state index contributed by atoms with van der Waals surface area (Å²) < 4.78 is 0. The van der Waals surface area contributed by atoms with Gasteiger partial charge >= 0.3 is 0 Å². The Labute approximate surface area is 113 Å². The molecule has 3 rings (SSSR count). The normalized spacial score (nSPS) is 23.2. The number of hydrogen-bond donors (Lipinski definition) is 1. The smallest absolute Gasteiger partial charge is 0.159 e. The van der Waals surface area contributed by atoms with Crippen molar-refractivity contribution in [3.63, 3.8) is 0 Å². The lowest BCUT2D eigenvalue weighted by atomic mass is 10.0. The van der Waals surface area contributed by atoms with E-state index in [-0.39, 0.29) is 0 Å². The number of benzene rings is 1. The van der Waals surface area contributed by atoms with Gasteiger partial charge in [0, 0.05) is 29.9 Å². The van der Waals surface area contributed by atoms with E-state index in [0.29, 0.717) is 18.5 Å². The van der Waals surface area contributed by atoms with Crippen LogP contribution in [-0.4, -0.2) is 29.3 Å². The lowest BCUT2D eigenvalue weighted by Crippen LogP contribution is -2.39. The summed E-state index contributed by atoms with van der Waals surface area (Å²) >= 11 is 0. The summed E-state index contributed by atoms with van der Waals surface area (Å²) in [6, 6.07) is 8.72. The summed E-state index contributed by atoms with van der Waals surface area (Å²) in [4.78, 5) is 2.33. The summed E-state index contributed by atoms with van der Waals surface area (Å²) in [6.07, 6.45) is 1.17. The van der Waals surface area contributed by atoms with Gasteiger partial charge in [-0.15, -0.1) is 5.10 Å². The monoisotopic (exact) mass is 256 g/mol. The highest BCUT2D eigenvalue weighted by Crippen LogP contribution is 2.32. The topological polar surface area (TPSA) is 55.0 Å². The fraction of sp³-hybridized carbons (Fsp3) is 0.467. The molecule has 4 heteroatoms. The molecule has 2 unspecified atom stereocenters. The molecular formula is C15H20N4. The molecule has 19 heavy (non-hydrogen) atoms. The van der Waals surface area contributed by atoms with E-state index in [9.17, 15) is 0 Å². The summed E-state index contributed by atoms with van der Waals surface area (Å²) in [6.45, 7) is 5.96. The van der Waals surface area contributed by atoms with Gasteiger partial charge in [-0.2, -0.15) is 5.10 Å². The second-order valence-corrected chi connectivity index (χ2v) is 5.42. The van der Waals surface area contributed by atoms with Crippen molar-refractivity contribution in [2.24, 2.45) is 11.7 Å². The molecule has 1 aliphatic heterocycles. The lowest BCUT2D eigenvalue weighted by Gasteiger charge is -2.27. The van der Waals surface area contributed by atoms with Crippen molar-refractivity contribution in [2.75, 3.05) is 18.0 Å². The van der Waals surface area contributed by atoms with Crippen LogP contribution in [0.25, 0.3) is 10.8 Å². The van der Waals surface area contributed by atoms with Gasteiger partial charge in [0.1, 0.15) is 0 Å². The third-order valence-electron chi connectivity index (χ3n) is 4.25. The van der Waals surface area contributed by atoms with E-state index in [1.165, 1.54) is 17.2 Å². The zero-order valence-electron chi connectivity index (χ0n) is 11.5. The quantitative estimate of drug-likeness (QED) is 0.894. The first-order chi connectivity index (χ1) is 9.22. The highest BCUT2D eigenvalue weighted by Gasteiger charge is 2.32. The summed E-state index contributed by atoms with van der Waals surface area (Å²) in [7, 11) is 0. The molecule has 2 heterocycles. The maximum Gasteiger partial charge on any atom is 0.159 e. The maximum absolute atomic E-state index is 5.94. The molecule has 2 N–H and O–H groups in total. The van der Waals surface area contributed by atoms with E-state index in [4.69, 9.17) is 5.73 Å². The third kappa shape index (κ3) is 1.96. The first-order valence-corrected chi connectivity index (χ1v) is 6.91. The van der Waals surface area contributed by atoms with Crippen molar-refractivity contribution < 1.29 is 0 Å². The number of anilines is 1. The zero-order chi connectivity index (χ0) is 13.4. The van der Waals surface area contributed by atoms with Crippen LogP contribution in [0.2, 0.25) is 0 Å². The van der Waals surface area contributed by atoms with Gasteiger partial charge in [-0.05, 0) is 19.3 Å². The number of rotatable bonds is 2. The lowest BCUT2D eigenvalue weighted by molar-refractivity contribution is 0.517. The van der Waals surface area contributed by atoms with Crippen LogP contribution >= 0.6 is 0 Å². The van der Waals surface area contributed by atoms with Gasteiger partial charge in [0.05, 0.1) is 5.69 Å².